The number of fused-ring (bicyclic) bond motifs is 1. The second-order valence-corrected chi connectivity index (χ2v) is 5.35. The minimum absolute atomic E-state index is 0.835. The zero-order chi connectivity index (χ0) is 9.42. The molecular weight excluding hydrogens is 158 g/mol. The van der Waals surface area contributed by atoms with Crippen molar-refractivity contribution in [2.45, 2.75) is 45.6 Å². The van der Waals surface area contributed by atoms with Crippen molar-refractivity contribution in [1.82, 2.24) is 4.90 Å². The summed E-state index contributed by atoms with van der Waals surface area (Å²) >= 11 is 0. The molecule has 1 heterocycles. The van der Waals surface area contributed by atoms with Crippen molar-refractivity contribution in [3.05, 3.63) is 0 Å². The standard InChI is InChI=1S/C12H23N/c1-9-4-5-11-6-7-13(3)10(2)12(11)8-9/h9-12H,4-8H2,1-3H3/t9-,10-,11?,12?/m1/s1. The van der Waals surface area contributed by atoms with Gasteiger partial charge in [0, 0.05) is 6.04 Å². The van der Waals surface area contributed by atoms with Crippen LogP contribution in [0.25, 0.3) is 0 Å². The van der Waals surface area contributed by atoms with E-state index in [1.807, 2.05) is 0 Å². The number of piperidine rings is 1. The van der Waals surface area contributed by atoms with Gasteiger partial charge in [0.1, 0.15) is 0 Å². The first-order valence-electron chi connectivity index (χ1n) is 5.88. The monoisotopic (exact) mass is 181 g/mol. The lowest BCUT2D eigenvalue weighted by molar-refractivity contribution is 0.0348. The molecule has 2 fully saturated rings. The fraction of sp³-hybridized carbons (Fsp3) is 1.00. The predicted octanol–water partition coefficient (Wildman–Crippen LogP) is 2.76. The molecule has 0 aromatic carbocycles. The molecule has 1 saturated heterocycles. The van der Waals surface area contributed by atoms with Crippen molar-refractivity contribution in [3.8, 4) is 0 Å². The first-order chi connectivity index (χ1) is 6.18. The Kier molecular flexibility index (Phi) is 2.64. The molecule has 1 heteroatoms. The van der Waals surface area contributed by atoms with Gasteiger partial charge in [0.2, 0.25) is 0 Å². The summed E-state index contributed by atoms with van der Waals surface area (Å²) in [5.41, 5.74) is 0. The summed E-state index contributed by atoms with van der Waals surface area (Å²) in [6.07, 6.45) is 5.93. The van der Waals surface area contributed by atoms with Gasteiger partial charge in [-0.3, -0.25) is 0 Å². The Morgan fingerprint density at radius 1 is 1.08 bits per heavy atom. The number of hydrogen-bond donors (Lipinski definition) is 0. The molecule has 2 aliphatic rings. The van der Waals surface area contributed by atoms with Gasteiger partial charge in [-0.05, 0) is 57.5 Å². The van der Waals surface area contributed by atoms with E-state index in [1.165, 1.54) is 32.2 Å². The Hall–Kier alpha value is -0.0400. The molecule has 1 saturated carbocycles. The maximum atomic E-state index is 2.55. The van der Waals surface area contributed by atoms with E-state index in [0.29, 0.717) is 0 Å². The van der Waals surface area contributed by atoms with E-state index in [-0.39, 0.29) is 0 Å². The van der Waals surface area contributed by atoms with E-state index in [9.17, 15) is 0 Å². The Labute approximate surface area is 82.5 Å². The van der Waals surface area contributed by atoms with Crippen LogP contribution >= 0.6 is 0 Å². The van der Waals surface area contributed by atoms with Crippen LogP contribution in [0.1, 0.15) is 39.5 Å². The molecule has 0 aromatic rings. The molecule has 13 heavy (non-hydrogen) atoms. The highest BCUT2D eigenvalue weighted by Gasteiger charge is 2.36. The average Bonchev–Trinajstić information content (AvgIpc) is 2.12. The van der Waals surface area contributed by atoms with E-state index in [0.717, 1.165) is 23.8 Å². The summed E-state index contributed by atoms with van der Waals surface area (Å²) in [4.78, 5) is 2.55. The molecule has 0 N–H and O–H groups in total. The average molecular weight is 181 g/mol. The van der Waals surface area contributed by atoms with Gasteiger partial charge in [-0.1, -0.05) is 13.3 Å². The second-order valence-electron chi connectivity index (χ2n) is 5.35. The first kappa shape index (κ1) is 9.51. The van der Waals surface area contributed by atoms with Gasteiger partial charge in [-0.25, -0.2) is 0 Å². The van der Waals surface area contributed by atoms with Gasteiger partial charge in [0.25, 0.3) is 0 Å². The van der Waals surface area contributed by atoms with Crippen LogP contribution in [0, 0.1) is 17.8 Å². The molecule has 1 aliphatic heterocycles. The largest absolute Gasteiger partial charge is 0.303 e. The van der Waals surface area contributed by atoms with Crippen molar-refractivity contribution in [3.63, 3.8) is 0 Å². The van der Waals surface area contributed by atoms with Gasteiger partial charge < -0.3 is 4.90 Å². The Balaban J connectivity index is 2.04. The van der Waals surface area contributed by atoms with Crippen LogP contribution < -0.4 is 0 Å². The lowest BCUT2D eigenvalue weighted by atomic mass is 9.68. The molecule has 76 valence electrons. The van der Waals surface area contributed by atoms with E-state index >= 15 is 0 Å². The molecule has 1 aliphatic carbocycles. The molecule has 0 bridgehead atoms. The van der Waals surface area contributed by atoms with Crippen LogP contribution in [0.4, 0.5) is 0 Å². The van der Waals surface area contributed by atoms with E-state index in [4.69, 9.17) is 0 Å². The van der Waals surface area contributed by atoms with E-state index < -0.39 is 0 Å². The van der Waals surface area contributed by atoms with Crippen LogP contribution in [-0.2, 0) is 0 Å². The van der Waals surface area contributed by atoms with Crippen LogP contribution in [0.2, 0.25) is 0 Å². The Morgan fingerprint density at radius 2 is 1.85 bits per heavy atom. The Bertz CT molecular complexity index is 174. The minimum Gasteiger partial charge on any atom is -0.303 e. The van der Waals surface area contributed by atoms with Crippen molar-refractivity contribution in [1.29, 1.82) is 0 Å². The third-order valence-electron chi connectivity index (χ3n) is 4.48. The fourth-order valence-corrected chi connectivity index (χ4v) is 3.34. The summed E-state index contributed by atoms with van der Waals surface area (Å²) in [6, 6.07) is 0.835. The number of nitrogens with zero attached hydrogens (tertiary/aromatic N) is 1. The summed E-state index contributed by atoms with van der Waals surface area (Å²) in [5.74, 6) is 3.04. The van der Waals surface area contributed by atoms with Gasteiger partial charge in [-0.2, -0.15) is 0 Å². The van der Waals surface area contributed by atoms with Gasteiger partial charge >= 0.3 is 0 Å². The highest BCUT2D eigenvalue weighted by Crippen LogP contribution is 2.41. The summed E-state index contributed by atoms with van der Waals surface area (Å²) in [6.45, 7) is 6.18. The maximum Gasteiger partial charge on any atom is 0.00949 e. The highest BCUT2D eigenvalue weighted by atomic mass is 15.1. The smallest absolute Gasteiger partial charge is 0.00949 e. The summed E-state index contributed by atoms with van der Waals surface area (Å²) in [5, 5.41) is 0. The first-order valence-corrected chi connectivity index (χ1v) is 5.88. The van der Waals surface area contributed by atoms with Crippen molar-refractivity contribution >= 4 is 0 Å². The third-order valence-corrected chi connectivity index (χ3v) is 4.48. The van der Waals surface area contributed by atoms with Crippen molar-refractivity contribution in [2.75, 3.05) is 13.6 Å². The van der Waals surface area contributed by atoms with Crippen molar-refractivity contribution in [2.24, 2.45) is 17.8 Å². The minimum atomic E-state index is 0.835. The quantitative estimate of drug-likeness (QED) is 0.555. The molecule has 0 aromatic heterocycles. The summed E-state index contributed by atoms with van der Waals surface area (Å²) in [7, 11) is 2.29. The molecule has 2 rings (SSSR count). The lowest BCUT2D eigenvalue weighted by Gasteiger charge is -2.46. The van der Waals surface area contributed by atoms with Crippen LogP contribution in [-0.4, -0.2) is 24.5 Å². The summed E-state index contributed by atoms with van der Waals surface area (Å²) < 4.78 is 0. The fourth-order valence-electron chi connectivity index (χ4n) is 3.34. The van der Waals surface area contributed by atoms with Crippen LogP contribution in [0.3, 0.4) is 0 Å². The number of likely N-dealkylation sites (tertiary alicyclic amines) is 1. The van der Waals surface area contributed by atoms with E-state index in [2.05, 4.69) is 25.8 Å². The normalized spacial score (nSPS) is 47.3. The molecule has 0 amide bonds. The molecule has 2 unspecified atom stereocenters. The molecule has 0 spiro atoms. The topological polar surface area (TPSA) is 3.24 Å². The van der Waals surface area contributed by atoms with Gasteiger partial charge in [0.05, 0.1) is 0 Å². The molecule has 4 atom stereocenters. The molecule has 0 radical (unpaired) electrons. The van der Waals surface area contributed by atoms with Gasteiger partial charge in [0.15, 0.2) is 0 Å². The number of hydrogen-bond acceptors (Lipinski definition) is 1. The van der Waals surface area contributed by atoms with Crippen LogP contribution in [0.5, 0.6) is 0 Å². The zero-order valence-corrected chi connectivity index (χ0v) is 9.29. The molecular formula is C12H23N. The van der Waals surface area contributed by atoms with E-state index in [1.54, 1.807) is 0 Å². The maximum absolute atomic E-state index is 2.55. The second kappa shape index (κ2) is 3.61. The highest BCUT2D eigenvalue weighted by molar-refractivity contribution is 4.89. The third kappa shape index (κ3) is 1.76. The molecule has 1 nitrogen and oxygen atoms in total. The lowest BCUT2D eigenvalue weighted by Crippen LogP contribution is -2.47. The van der Waals surface area contributed by atoms with Crippen LogP contribution in [0.15, 0.2) is 0 Å². The number of rotatable bonds is 0. The van der Waals surface area contributed by atoms with Gasteiger partial charge in [-0.15, -0.1) is 0 Å². The van der Waals surface area contributed by atoms with Crippen molar-refractivity contribution < 1.29 is 0 Å². The zero-order valence-electron chi connectivity index (χ0n) is 9.29. The SMILES string of the molecule is C[C@@H]1CCC2CCN(C)[C@H](C)C2C1. The predicted molar refractivity (Wildman–Crippen MR) is 56.7 cm³/mol. The Morgan fingerprint density at radius 3 is 2.62 bits per heavy atom.